The van der Waals surface area contributed by atoms with Crippen LogP contribution in [0.1, 0.15) is 38.5 Å². The van der Waals surface area contributed by atoms with Crippen molar-refractivity contribution < 1.29 is 14.4 Å². The average molecular weight is 306 g/mol. The van der Waals surface area contributed by atoms with Crippen molar-refractivity contribution in [3.05, 3.63) is 0 Å². The zero-order valence-electron chi connectivity index (χ0n) is 13.4. The van der Waals surface area contributed by atoms with Crippen molar-refractivity contribution >= 4 is 11.6 Å². The van der Waals surface area contributed by atoms with E-state index in [0.29, 0.717) is 18.3 Å². The van der Waals surface area contributed by atoms with Gasteiger partial charge < -0.3 is 9.64 Å². The standard InChI is InChI=1S/C17H27N3O2/c21-16(1-2-20-3-5-22-6-4-20)18-19-17-14-8-12-7-13(10-14)11-15(17)9-12/h12-15H,1-11H2,(H,18,21)/p+1. The number of morpholine rings is 1. The fourth-order valence-corrected chi connectivity index (χ4v) is 5.23. The highest BCUT2D eigenvalue weighted by Gasteiger charge is 2.46. The molecule has 4 aliphatic carbocycles. The van der Waals surface area contributed by atoms with E-state index in [4.69, 9.17) is 4.74 Å². The molecular weight excluding hydrogens is 278 g/mol. The summed E-state index contributed by atoms with van der Waals surface area (Å²) in [6, 6.07) is 0. The van der Waals surface area contributed by atoms with Crippen molar-refractivity contribution in [1.29, 1.82) is 0 Å². The van der Waals surface area contributed by atoms with Crippen LogP contribution in [-0.2, 0) is 9.53 Å². The molecule has 5 heteroatoms. The number of rotatable bonds is 4. The van der Waals surface area contributed by atoms with E-state index in [-0.39, 0.29) is 5.91 Å². The van der Waals surface area contributed by atoms with Crippen LogP contribution in [0.2, 0.25) is 0 Å². The number of ether oxygens (including phenoxy) is 1. The average Bonchev–Trinajstić information content (AvgIpc) is 2.52. The molecular formula is C17H28N3O2+. The molecule has 0 radical (unpaired) electrons. The first-order valence-corrected chi connectivity index (χ1v) is 9.05. The van der Waals surface area contributed by atoms with Gasteiger partial charge in [-0.2, -0.15) is 5.10 Å². The van der Waals surface area contributed by atoms with Gasteiger partial charge in [0.15, 0.2) is 0 Å². The smallest absolute Gasteiger partial charge is 0.245 e. The highest BCUT2D eigenvalue weighted by Crippen LogP contribution is 2.52. The molecule has 5 fully saturated rings. The minimum atomic E-state index is 0.0836. The van der Waals surface area contributed by atoms with E-state index in [0.717, 1.165) is 44.7 Å². The number of quaternary nitrogens is 1. The summed E-state index contributed by atoms with van der Waals surface area (Å²) in [4.78, 5) is 13.5. The molecule has 2 N–H and O–H groups in total. The van der Waals surface area contributed by atoms with Crippen molar-refractivity contribution in [3.63, 3.8) is 0 Å². The van der Waals surface area contributed by atoms with Gasteiger partial charge in [-0.3, -0.25) is 4.79 Å². The first-order chi connectivity index (χ1) is 10.8. The van der Waals surface area contributed by atoms with Gasteiger partial charge in [0, 0.05) is 5.71 Å². The Labute approximate surface area is 132 Å². The normalized spacial score (nSPS) is 37.4. The molecule has 0 aromatic heterocycles. The zero-order chi connectivity index (χ0) is 14.9. The van der Waals surface area contributed by atoms with Crippen molar-refractivity contribution in [2.75, 3.05) is 32.8 Å². The Morgan fingerprint density at radius 2 is 1.73 bits per heavy atom. The Morgan fingerprint density at radius 3 is 2.36 bits per heavy atom. The molecule has 0 unspecified atom stereocenters. The summed E-state index contributed by atoms with van der Waals surface area (Å²) in [6.45, 7) is 4.59. The first kappa shape index (κ1) is 14.6. The van der Waals surface area contributed by atoms with E-state index in [1.165, 1.54) is 42.7 Å². The van der Waals surface area contributed by atoms with E-state index >= 15 is 0 Å². The molecule has 0 aromatic carbocycles. The number of carbonyl (C=O) groups excluding carboxylic acids is 1. The van der Waals surface area contributed by atoms with Crippen molar-refractivity contribution in [2.24, 2.45) is 28.8 Å². The third-order valence-corrected chi connectivity index (χ3v) is 6.19. The van der Waals surface area contributed by atoms with Crippen LogP contribution in [0.25, 0.3) is 0 Å². The molecule has 4 saturated carbocycles. The largest absolute Gasteiger partial charge is 0.370 e. The molecule has 22 heavy (non-hydrogen) atoms. The van der Waals surface area contributed by atoms with E-state index in [9.17, 15) is 4.79 Å². The first-order valence-electron chi connectivity index (χ1n) is 9.05. The maximum atomic E-state index is 12.1. The number of amides is 1. The fraction of sp³-hybridized carbons (Fsp3) is 0.882. The quantitative estimate of drug-likeness (QED) is 0.730. The van der Waals surface area contributed by atoms with Crippen LogP contribution in [0.5, 0.6) is 0 Å². The predicted octanol–water partition coefficient (Wildman–Crippen LogP) is 0.220. The lowest BCUT2D eigenvalue weighted by Gasteiger charge is -2.50. The summed E-state index contributed by atoms with van der Waals surface area (Å²) in [5, 5.41) is 4.57. The molecule has 1 amide bonds. The van der Waals surface area contributed by atoms with E-state index in [1.807, 2.05) is 0 Å². The molecule has 4 bridgehead atoms. The summed E-state index contributed by atoms with van der Waals surface area (Å²) >= 11 is 0. The number of hydrogen-bond acceptors (Lipinski definition) is 3. The number of carbonyl (C=O) groups is 1. The highest BCUT2D eigenvalue weighted by atomic mass is 16.5. The van der Waals surface area contributed by atoms with Crippen molar-refractivity contribution in [1.82, 2.24) is 5.43 Å². The molecule has 1 saturated heterocycles. The Hall–Kier alpha value is -0.940. The van der Waals surface area contributed by atoms with E-state index < -0.39 is 0 Å². The number of hydrogen-bond donors (Lipinski definition) is 2. The second kappa shape index (κ2) is 6.28. The SMILES string of the molecule is O=C(CC[NH+]1CCOCC1)NN=C1C2CC3CC(C2)CC1C3. The van der Waals surface area contributed by atoms with Crippen molar-refractivity contribution in [2.45, 2.75) is 38.5 Å². The van der Waals surface area contributed by atoms with Gasteiger partial charge in [0.2, 0.25) is 5.91 Å². The van der Waals surface area contributed by atoms with Gasteiger partial charge in [0.05, 0.1) is 26.2 Å². The molecule has 1 heterocycles. The zero-order valence-corrected chi connectivity index (χ0v) is 13.4. The third-order valence-electron chi connectivity index (χ3n) is 6.19. The monoisotopic (exact) mass is 306 g/mol. The summed E-state index contributed by atoms with van der Waals surface area (Å²) in [5.41, 5.74) is 4.17. The van der Waals surface area contributed by atoms with Crippen LogP contribution in [-0.4, -0.2) is 44.5 Å². The molecule has 5 aliphatic rings. The van der Waals surface area contributed by atoms with Gasteiger partial charge in [-0.1, -0.05) is 0 Å². The third kappa shape index (κ3) is 3.06. The number of nitrogens with one attached hydrogen (secondary N) is 2. The van der Waals surface area contributed by atoms with Crippen LogP contribution in [0.3, 0.4) is 0 Å². The Morgan fingerprint density at radius 1 is 1.09 bits per heavy atom. The maximum absolute atomic E-state index is 12.1. The predicted molar refractivity (Wildman–Crippen MR) is 83.6 cm³/mol. The van der Waals surface area contributed by atoms with Gasteiger partial charge in [-0.25, -0.2) is 5.43 Å². The number of hydrazone groups is 1. The van der Waals surface area contributed by atoms with Gasteiger partial charge in [-0.05, 0) is 55.8 Å². The van der Waals surface area contributed by atoms with Crippen molar-refractivity contribution in [3.8, 4) is 0 Å². The minimum Gasteiger partial charge on any atom is -0.370 e. The van der Waals surface area contributed by atoms with Crippen LogP contribution < -0.4 is 10.3 Å². The van der Waals surface area contributed by atoms with Gasteiger partial charge in [0.25, 0.3) is 0 Å². The summed E-state index contributed by atoms with van der Waals surface area (Å²) in [7, 11) is 0. The summed E-state index contributed by atoms with van der Waals surface area (Å²) in [6.07, 6.45) is 7.31. The topological polar surface area (TPSA) is 55.1 Å². The molecule has 0 aromatic rings. The van der Waals surface area contributed by atoms with Crippen LogP contribution in [0, 0.1) is 23.7 Å². The molecule has 0 spiro atoms. The van der Waals surface area contributed by atoms with Crippen LogP contribution in [0.4, 0.5) is 0 Å². The molecule has 5 rings (SSSR count). The van der Waals surface area contributed by atoms with Crippen LogP contribution in [0.15, 0.2) is 5.10 Å². The van der Waals surface area contributed by atoms with Gasteiger partial charge in [0.1, 0.15) is 13.1 Å². The lowest BCUT2D eigenvalue weighted by atomic mass is 9.55. The molecule has 5 nitrogen and oxygen atoms in total. The summed E-state index contributed by atoms with van der Waals surface area (Å²) < 4.78 is 5.34. The van der Waals surface area contributed by atoms with E-state index in [1.54, 1.807) is 0 Å². The van der Waals surface area contributed by atoms with Crippen LogP contribution >= 0.6 is 0 Å². The molecule has 122 valence electrons. The molecule has 1 aliphatic heterocycles. The Kier molecular flexibility index (Phi) is 4.18. The second-order valence-corrected chi connectivity index (χ2v) is 7.74. The highest BCUT2D eigenvalue weighted by molar-refractivity contribution is 5.91. The Balaban J connectivity index is 1.27. The second-order valence-electron chi connectivity index (χ2n) is 7.74. The summed E-state index contributed by atoms with van der Waals surface area (Å²) in [5.74, 6) is 3.31. The maximum Gasteiger partial charge on any atom is 0.245 e. The minimum absolute atomic E-state index is 0.0836. The van der Waals surface area contributed by atoms with Gasteiger partial charge in [-0.15, -0.1) is 0 Å². The number of nitrogens with zero attached hydrogens (tertiary/aromatic N) is 1. The Bertz CT molecular complexity index is 427. The van der Waals surface area contributed by atoms with Gasteiger partial charge >= 0.3 is 0 Å². The van der Waals surface area contributed by atoms with E-state index in [2.05, 4.69) is 10.5 Å². The fourth-order valence-electron chi connectivity index (χ4n) is 5.23. The molecule has 0 atom stereocenters. The lowest BCUT2D eigenvalue weighted by molar-refractivity contribution is -0.907. The lowest BCUT2D eigenvalue weighted by Crippen LogP contribution is -3.14.